The molecule has 0 aromatic carbocycles. The van der Waals surface area contributed by atoms with E-state index in [4.69, 9.17) is 4.52 Å². The summed E-state index contributed by atoms with van der Waals surface area (Å²) < 4.78 is 6.78. The zero-order valence-corrected chi connectivity index (χ0v) is 13.6. The van der Waals surface area contributed by atoms with E-state index in [0.717, 1.165) is 11.5 Å². The van der Waals surface area contributed by atoms with Crippen LogP contribution < -0.4 is 5.56 Å². The van der Waals surface area contributed by atoms with Crippen molar-refractivity contribution in [2.45, 2.75) is 58.9 Å². The molecular formula is C16H23N3O2. The van der Waals surface area contributed by atoms with Crippen LogP contribution in [0.5, 0.6) is 0 Å². The molecule has 0 saturated heterocycles. The Bertz CT molecular complexity index is 685. The predicted octanol–water partition coefficient (Wildman–Crippen LogP) is 2.87. The van der Waals surface area contributed by atoms with E-state index in [9.17, 15) is 4.79 Å². The lowest BCUT2D eigenvalue weighted by Crippen LogP contribution is -2.27. The van der Waals surface area contributed by atoms with E-state index in [0.29, 0.717) is 12.2 Å². The maximum absolute atomic E-state index is 11.9. The monoisotopic (exact) mass is 289 g/mol. The minimum absolute atomic E-state index is 0.100. The first-order chi connectivity index (χ1) is 9.57. The third kappa shape index (κ3) is 3.60. The fourth-order valence-electron chi connectivity index (χ4n) is 1.86. The molecule has 0 aliphatic heterocycles. The smallest absolute Gasteiger partial charge is 0.267 e. The van der Waals surface area contributed by atoms with Gasteiger partial charge in [0.15, 0.2) is 0 Å². The first-order valence-corrected chi connectivity index (χ1v) is 7.12. The van der Waals surface area contributed by atoms with Gasteiger partial charge < -0.3 is 4.52 Å². The van der Waals surface area contributed by atoms with Crippen molar-refractivity contribution in [2.75, 3.05) is 0 Å². The van der Waals surface area contributed by atoms with Crippen LogP contribution in [-0.2, 0) is 17.4 Å². The Hall–Kier alpha value is -1.91. The summed E-state index contributed by atoms with van der Waals surface area (Å²) >= 11 is 0. The topological polar surface area (TPSA) is 60.9 Å². The molecule has 2 heterocycles. The van der Waals surface area contributed by atoms with Crippen molar-refractivity contribution in [2.24, 2.45) is 0 Å². The number of aromatic nitrogens is 3. The summed E-state index contributed by atoms with van der Waals surface area (Å²) in [7, 11) is 0. The number of nitrogens with zero attached hydrogens (tertiary/aromatic N) is 3. The van der Waals surface area contributed by atoms with Crippen molar-refractivity contribution in [3.8, 4) is 0 Å². The van der Waals surface area contributed by atoms with Crippen molar-refractivity contribution in [3.63, 3.8) is 0 Å². The maximum Gasteiger partial charge on any atom is 0.267 e. The van der Waals surface area contributed by atoms with Gasteiger partial charge in [0.05, 0.1) is 12.2 Å². The minimum atomic E-state index is -0.136. The van der Waals surface area contributed by atoms with Crippen LogP contribution in [0, 0.1) is 0 Å². The van der Waals surface area contributed by atoms with Gasteiger partial charge in [0.1, 0.15) is 11.5 Å². The van der Waals surface area contributed by atoms with Gasteiger partial charge in [-0.15, -0.1) is 0 Å². The van der Waals surface area contributed by atoms with Crippen molar-refractivity contribution >= 4 is 0 Å². The molecule has 0 aliphatic rings. The molecule has 0 radical (unpaired) electrons. The summed E-state index contributed by atoms with van der Waals surface area (Å²) in [5, 5.41) is 8.47. The third-order valence-corrected chi connectivity index (χ3v) is 3.24. The molecule has 0 N–H and O–H groups in total. The second kappa shape index (κ2) is 5.13. The SMILES string of the molecule is CC(C)(C)c1ccc(=O)n(Cc2cc(C(C)(C)C)on2)n1. The first kappa shape index (κ1) is 15.5. The molecule has 2 rings (SSSR count). The van der Waals surface area contributed by atoms with Crippen LogP contribution in [0.3, 0.4) is 0 Å². The molecule has 0 spiro atoms. The zero-order chi connectivity index (χ0) is 15.8. The van der Waals surface area contributed by atoms with Crippen molar-refractivity contribution < 1.29 is 4.52 Å². The summed E-state index contributed by atoms with van der Waals surface area (Å²) in [6.45, 7) is 12.7. The average Bonchev–Trinajstić information content (AvgIpc) is 2.79. The van der Waals surface area contributed by atoms with Gasteiger partial charge in [-0.1, -0.05) is 46.7 Å². The Kier molecular flexibility index (Phi) is 3.78. The normalized spacial score (nSPS) is 12.7. The van der Waals surface area contributed by atoms with Crippen LogP contribution >= 0.6 is 0 Å². The number of hydrogen-bond acceptors (Lipinski definition) is 4. The lowest BCUT2D eigenvalue weighted by molar-refractivity contribution is 0.324. The van der Waals surface area contributed by atoms with Gasteiger partial charge in [0.2, 0.25) is 0 Å². The summed E-state index contributed by atoms with van der Waals surface area (Å²) in [5.74, 6) is 0.803. The molecule has 21 heavy (non-hydrogen) atoms. The van der Waals surface area contributed by atoms with Crippen molar-refractivity contribution in [1.29, 1.82) is 0 Å². The minimum Gasteiger partial charge on any atom is -0.361 e. The molecule has 5 heteroatoms. The predicted molar refractivity (Wildman–Crippen MR) is 81.5 cm³/mol. The highest BCUT2D eigenvalue weighted by molar-refractivity contribution is 5.14. The molecule has 0 fully saturated rings. The number of rotatable bonds is 2. The maximum atomic E-state index is 11.9. The van der Waals surface area contributed by atoms with Crippen LogP contribution in [0.25, 0.3) is 0 Å². The van der Waals surface area contributed by atoms with Gasteiger partial charge in [0.25, 0.3) is 5.56 Å². The quantitative estimate of drug-likeness (QED) is 0.853. The van der Waals surface area contributed by atoms with E-state index in [1.54, 1.807) is 12.1 Å². The lowest BCUT2D eigenvalue weighted by Gasteiger charge is -2.18. The van der Waals surface area contributed by atoms with Gasteiger partial charge in [0, 0.05) is 23.0 Å². The van der Waals surface area contributed by atoms with E-state index in [-0.39, 0.29) is 16.4 Å². The molecule has 0 amide bonds. The highest BCUT2D eigenvalue weighted by Gasteiger charge is 2.21. The Morgan fingerprint density at radius 3 is 2.29 bits per heavy atom. The fourth-order valence-corrected chi connectivity index (χ4v) is 1.86. The summed E-state index contributed by atoms with van der Waals surface area (Å²) in [6.07, 6.45) is 0. The first-order valence-electron chi connectivity index (χ1n) is 7.12. The van der Waals surface area contributed by atoms with E-state index in [1.807, 2.05) is 6.07 Å². The van der Waals surface area contributed by atoms with Crippen LogP contribution in [0.4, 0.5) is 0 Å². The molecular weight excluding hydrogens is 266 g/mol. The summed E-state index contributed by atoms with van der Waals surface area (Å²) in [5.41, 5.74) is 1.25. The van der Waals surface area contributed by atoms with Crippen LogP contribution in [0.1, 0.15) is 58.7 Å². The molecule has 2 aromatic rings. The molecule has 0 bridgehead atoms. The Morgan fingerprint density at radius 2 is 1.76 bits per heavy atom. The lowest BCUT2D eigenvalue weighted by atomic mass is 9.92. The van der Waals surface area contributed by atoms with E-state index in [2.05, 4.69) is 51.8 Å². The molecule has 114 valence electrons. The van der Waals surface area contributed by atoms with E-state index >= 15 is 0 Å². The fraction of sp³-hybridized carbons (Fsp3) is 0.562. The molecule has 2 aromatic heterocycles. The average molecular weight is 289 g/mol. The van der Waals surface area contributed by atoms with Gasteiger partial charge >= 0.3 is 0 Å². The van der Waals surface area contributed by atoms with Gasteiger partial charge in [-0.25, -0.2) is 4.68 Å². The molecule has 0 atom stereocenters. The Balaban J connectivity index is 2.31. The van der Waals surface area contributed by atoms with Crippen molar-refractivity contribution in [1.82, 2.24) is 14.9 Å². The highest BCUT2D eigenvalue weighted by Crippen LogP contribution is 2.23. The van der Waals surface area contributed by atoms with Gasteiger partial charge in [-0.3, -0.25) is 4.79 Å². The van der Waals surface area contributed by atoms with Crippen LogP contribution in [0.15, 0.2) is 27.5 Å². The van der Waals surface area contributed by atoms with E-state index < -0.39 is 0 Å². The third-order valence-electron chi connectivity index (χ3n) is 3.24. The Morgan fingerprint density at radius 1 is 1.10 bits per heavy atom. The molecule has 0 aliphatic carbocycles. The zero-order valence-electron chi connectivity index (χ0n) is 13.6. The van der Waals surface area contributed by atoms with Crippen LogP contribution in [0.2, 0.25) is 0 Å². The standard InChI is InChI=1S/C16H23N3O2/c1-15(2,3)12-7-8-14(20)19(17-12)10-11-9-13(21-18-11)16(4,5)6/h7-9H,10H2,1-6H3. The van der Waals surface area contributed by atoms with E-state index in [1.165, 1.54) is 4.68 Å². The molecule has 0 saturated carbocycles. The molecule has 0 unspecified atom stereocenters. The second-order valence-corrected chi connectivity index (χ2v) is 7.40. The Labute approximate surface area is 125 Å². The van der Waals surface area contributed by atoms with Crippen LogP contribution in [-0.4, -0.2) is 14.9 Å². The van der Waals surface area contributed by atoms with Gasteiger partial charge in [-0.05, 0) is 6.07 Å². The second-order valence-electron chi connectivity index (χ2n) is 7.40. The highest BCUT2D eigenvalue weighted by atomic mass is 16.5. The van der Waals surface area contributed by atoms with Gasteiger partial charge in [-0.2, -0.15) is 5.10 Å². The van der Waals surface area contributed by atoms with Crippen molar-refractivity contribution in [3.05, 3.63) is 45.7 Å². The summed E-state index contributed by atoms with van der Waals surface area (Å²) in [4.78, 5) is 11.9. The summed E-state index contributed by atoms with van der Waals surface area (Å²) in [6, 6.07) is 5.22. The number of hydrogen-bond donors (Lipinski definition) is 0. The molecule has 5 nitrogen and oxygen atoms in total. The largest absolute Gasteiger partial charge is 0.361 e.